The van der Waals surface area contributed by atoms with E-state index < -0.39 is 11.6 Å². The molecule has 0 amide bonds. The van der Waals surface area contributed by atoms with Crippen molar-refractivity contribution in [2.24, 2.45) is 0 Å². The lowest BCUT2D eigenvalue weighted by Gasteiger charge is -2.07. The van der Waals surface area contributed by atoms with Gasteiger partial charge in [0.05, 0.1) is 0 Å². The Morgan fingerprint density at radius 2 is 1.95 bits per heavy atom. The van der Waals surface area contributed by atoms with Crippen molar-refractivity contribution in [2.75, 3.05) is 17.6 Å². The lowest BCUT2D eigenvalue weighted by molar-refractivity contribution is 0.580. The molecule has 0 saturated heterocycles. The normalized spacial score (nSPS) is 14.5. The van der Waals surface area contributed by atoms with Gasteiger partial charge in [0, 0.05) is 18.2 Å². The molecule has 1 aromatic carbocycles. The van der Waals surface area contributed by atoms with Gasteiger partial charge in [-0.2, -0.15) is 4.37 Å². The van der Waals surface area contributed by atoms with Gasteiger partial charge in [-0.1, -0.05) is 0 Å². The van der Waals surface area contributed by atoms with Crippen LogP contribution in [0, 0.1) is 11.6 Å². The molecule has 1 heterocycles. The number of aromatic nitrogens is 1. The lowest BCUT2D eigenvalue weighted by atomic mass is 10.1. The number of nitrogens with zero attached hydrogens (tertiary/aromatic N) is 1. The van der Waals surface area contributed by atoms with E-state index in [9.17, 15) is 8.78 Å². The second-order valence-corrected chi connectivity index (χ2v) is 5.81. The molecule has 20 heavy (non-hydrogen) atoms. The molecule has 1 aliphatic rings. The van der Waals surface area contributed by atoms with Gasteiger partial charge in [-0.3, -0.25) is 0 Å². The highest BCUT2D eigenvalue weighted by Crippen LogP contribution is 2.47. The molecule has 0 atom stereocenters. The van der Waals surface area contributed by atoms with Crippen LogP contribution >= 0.6 is 11.5 Å². The predicted molar refractivity (Wildman–Crippen MR) is 77.1 cm³/mol. The number of halogens is 2. The van der Waals surface area contributed by atoms with Crippen LogP contribution in [-0.2, 0) is 6.42 Å². The first-order chi connectivity index (χ1) is 9.63. The summed E-state index contributed by atoms with van der Waals surface area (Å²) in [4.78, 5) is 0. The third-order valence-corrected chi connectivity index (χ3v) is 4.20. The maximum Gasteiger partial charge on any atom is 0.142 e. The number of nitrogens with two attached hydrogens (primary N) is 1. The van der Waals surface area contributed by atoms with Gasteiger partial charge in [-0.25, -0.2) is 8.78 Å². The van der Waals surface area contributed by atoms with E-state index in [0.29, 0.717) is 30.3 Å². The molecule has 0 aliphatic heterocycles. The van der Waals surface area contributed by atoms with Gasteiger partial charge in [0.1, 0.15) is 22.5 Å². The summed E-state index contributed by atoms with van der Waals surface area (Å²) >= 11 is 1.35. The fourth-order valence-corrected chi connectivity index (χ4v) is 3.10. The molecule has 0 radical (unpaired) electrons. The van der Waals surface area contributed by atoms with Gasteiger partial charge < -0.3 is 11.1 Å². The van der Waals surface area contributed by atoms with E-state index in [1.165, 1.54) is 23.7 Å². The Kier molecular flexibility index (Phi) is 3.56. The molecule has 3 rings (SSSR count). The molecule has 0 spiro atoms. The summed E-state index contributed by atoms with van der Waals surface area (Å²) in [6.07, 6.45) is 2.87. The van der Waals surface area contributed by atoms with Crippen LogP contribution in [0.5, 0.6) is 0 Å². The minimum atomic E-state index is -0.541. The Labute approximate surface area is 120 Å². The molecule has 6 heteroatoms. The van der Waals surface area contributed by atoms with Crippen molar-refractivity contribution in [3.05, 3.63) is 41.0 Å². The maximum atomic E-state index is 13.1. The SMILES string of the molecule is Nc1nsc(NCCc2cc(F)cc(F)c2)c1C1CC1. The van der Waals surface area contributed by atoms with Crippen molar-refractivity contribution in [1.29, 1.82) is 0 Å². The molecular formula is C14H15F2N3S. The van der Waals surface area contributed by atoms with Crippen molar-refractivity contribution in [3.8, 4) is 0 Å². The quantitative estimate of drug-likeness (QED) is 0.887. The first-order valence-corrected chi connectivity index (χ1v) is 7.34. The van der Waals surface area contributed by atoms with Crippen molar-refractivity contribution in [1.82, 2.24) is 4.37 Å². The van der Waals surface area contributed by atoms with Gasteiger partial charge >= 0.3 is 0 Å². The van der Waals surface area contributed by atoms with E-state index in [1.807, 2.05) is 0 Å². The van der Waals surface area contributed by atoms with Crippen LogP contribution < -0.4 is 11.1 Å². The van der Waals surface area contributed by atoms with Crippen molar-refractivity contribution < 1.29 is 8.78 Å². The molecule has 3 N–H and O–H groups in total. The molecule has 2 aromatic rings. The van der Waals surface area contributed by atoms with E-state index >= 15 is 0 Å². The summed E-state index contributed by atoms with van der Waals surface area (Å²) in [6.45, 7) is 0.601. The summed E-state index contributed by atoms with van der Waals surface area (Å²) in [5.74, 6) is 0.0565. The number of anilines is 2. The van der Waals surface area contributed by atoms with E-state index in [-0.39, 0.29) is 0 Å². The molecule has 3 nitrogen and oxygen atoms in total. The Bertz CT molecular complexity index is 603. The van der Waals surface area contributed by atoms with Crippen LogP contribution in [0.2, 0.25) is 0 Å². The van der Waals surface area contributed by atoms with Crippen LogP contribution in [-0.4, -0.2) is 10.9 Å². The smallest absolute Gasteiger partial charge is 0.142 e. The highest BCUT2D eigenvalue weighted by atomic mass is 32.1. The zero-order chi connectivity index (χ0) is 14.1. The Morgan fingerprint density at radius 1 is 1.25 bits per heavy atom. The number of hydrogen-bond donors (Lipinski definition) is 2. The van der Waals surface area contributed by atoms with Gasteiger partial charge in [-0.15, -0.1) is 0 Å². The second kappa shape index (κ2) is 5.36. The summed E-state index contributed by atoms with van der Waals surface area (Å²) < 4.78 is 30.3. The largest absolute Gasteiger partial charge is 0.383 e. The van der Waals surface area contributed by atoms with Crippen LogP contribution in [0.4, 0.5) is 19.6 Å². The minimum absolute atomic E-state index is 0.530. The number of nitrogens with one attached hydrogen (secondary N) is 1. The number of rotatable bonds is 5. The summed E-state index contributed by atoms with van der Waals surface area (Å²) in [5, 5.41) is 4.26. The third-order valence-electron chi connectivity index (χ3n) is 3.36. The molecular weight excluding hydrogens is 280 g/mol. The van der Waals surface area contributed by atoms with E-state index in [1.54, 1.807) is 0 Å². The van der Waals surface area contributed by atoms with E-state index in [4.69, 9.17) is 5.73 Å². The molecule has 0 unspecified atom stereocenters. The van der Waals surface area contributed by atoms with Gasteiger partial charge in [0.25, 0.3) is 0 Å². The fourth-order valence-electron chi connectivity index (χ4n) is 2.28. The zero-order valence-electron chi connectivity index (χ0n) is 10.8. The van der Waals surface area contributed by atoms with Crippen LogP contribution in [0.3, 0.4) is 0 Å². The highest BCUT2D eigenvalue weighted by Gasteiger charge is 2.30. The first-order valence-electron chi connectivity index (χ1n) is 6.57. The predicted octanol–water partition coefficient (Wildman–Crippen LogP) is 3.54. The molecule has 106 valence electrons. The third kappa shape index (κ3) is 2.90. The molecule has 1 saturated carbocycles. The standard InChI is InChI=1S/C14H15F2N3S/c15-10-5-8(6-11(16)7-10)3-4-18-14-12(9-1-2-9)13(17)19-20-14/h5-7,9,18H,1-4H2,(H2,17,19). The average molecular weight is 295 g/mol. The van der Waals surface area contributed by atoms with Crippen molar-refractivity contribution >= 4 is 22.4 Å². The van der Waals surface area contributed by atoms with E-state index in [2.05, 4.69) is 9.69 Å². The number of nitrogen functional groups attached to an aromatic ring is 1. The summed E-state index contributed by atoms with van der Waals surface area (Å²) in [7, 11) is 0. The van der Waals surface area contributed by atoms with Crippen molar-refractivity contribution in [2.45, 2.75) is 25.2 Å². The van der Waals surface area contributed by atoms with Gasteiger partial charge in [0.15, 0.2) is 0 Å². The van der Waals surface area contributed by atoms with Crippen LogP contribution in [0.15, 0.2) is 18.2 Å². The number of hydrogen-bond acceptors (Lipinski definition) is 4. The van der Waals surface area contributed by atoms with E-state index in [0.717, 1.165) is 29.5 Å². The Balaban J connectivity index is 1.62. The molecule has 1 aliphatic carbocycles. The average Bonchev–Trinajstić information content (AvgIpc) is 3.13. The zero-order valence-corrected chi connectivity index (χ0v) is 11.6. The van der Waals surface area contributed by atoms with Crippen LogP contribution in [0.25, 0.3) is 0 Å². The van der Waals surface area contributed by atoms with Crippen LogP contribution in [0.1, 0.15) is 29.9 Å². The second-order valence-electron chi connectivity index (χ2n) is 5.04. The number of benzene rings is 1. The molecule has 1 aromatic heterocycles. The lowest BCUT2D eigenvalue weighted by Crippen LogP contribution is -2.06. The topological polar surface area (TPSA) is 50.9 Å². The van der Waals surface area contributed by atoms with Gasteiger partial charge in [0.2, 0.25) is 0 Å². The summed E-state index contributed by atoms with van der Waals surface area (Å²) in [6, 6.07) is 3.59. The molecule has 0 bridgehead atoms. The fraction of sp³-hybridized carbons (Fsp3) is 0.357. The molecule has 1 fully saturated rings. The minimum Gasteiger partial charge on any atom is -0.383 e. The Morgan fingerprint density at radius 3 is 2.60 bits per heavy atom. The monoisotopic (exact) mass is 295 g/mol. The Hall–Kier alpha value is -1.69. The maximum absolute atomic E-state index is 13.1. The summed E-state index contributed by atoms with van der Waals surface area (Å²) in [5.41, 5.74) is 7.62. The van der Waals surface area contributed by atoms with Gasteiger partial charge in [-0.05, 0) is 54.4 Å². The highest BCUT2D eigenvalue weighted by molar-refractivity contribution is 7.10. The van der Waals surface area contributed by atoms with Crippen molar-refractivity contribution in [3.63, 3.8) is 0 Å². The first kappa shape index (κ1) is 13.3.